The van der Waals surface area contributed by atoms with Crippen LogP contribution < -0.4 is 0 Å². The molecule has 0 atom stereocenters. The van der Waals surface area contributed by atoms with Crippen LogP contribution in [0.2, 0.25) is 0 Å². The zero-order chi connectivity index (χ0) is 11.7. The molecule has 0 aliphatic carbocycles. The van der Waals surface area contributed by atoms with E-state index in [4.69, 9.17) is 0 Å². The highest BCUT2D eigenvalue weighted by Gasteiger charge is 2.10. The van der Waals surface area contributed by atoms with Crippen molar-refractivity contribution in [3.63, 3.8) is 0 Å². The van der Waals surface area contributed by atoms with Gasteiger partial charge in [-0.05, 0) is 24.3 Å². The lowest BCUT2D eigenvalue weighted by Gasteiger charge is -1.99. The highest BCUT2D eigenvalue weighted by atomic mass is 16.1. The molecule has 0 aliphatic rings. The molecule has 3 aromatic heterocycles. The van der Waals surface area contributed by atoms with Gasteiger partial charge in [-0.1, -0.05) is 6.07 Å². The summed E-state index contributed by atoms with van der Waals surface area (Å²) in [5.74, 6) is 0.732. The fraction of sp³-hybridized carbons (Fsp3) is 0. The quantitative estimate of drug-likeness (QED) is 0.626. The number of aldehydes is 1. The van der Waals surface area contributed by atoms with Gasteiger partial charge in [0.15, 0.2) is 6.29 Å². The first-order valence-electron chi connectivity index (χ1n) is 5.23. The van der Waals surface area contributed by atoms with Gasteiger partial charge in [-0.3, -0.25) is 14.2 Å². The minimum Gasteiger partial charge on any atom is -0.299 e. The number of imidazole rings is 1. The van der Waals surface area contributed by atoms with Gasteiger partial charge in [-0.2, -0.15) is 0 Å². The van der Waals surface area contributed by atoms with Gasteiger partial charge in [0.25, 0.3) is 0 Å². The average molecular weight is 223 g/mol. The van der Waals surface area contributed by atoms with Crippen molar-refractivity contribution in [3.05, 3.63) is 54.6 Å². The number of carbonyl (C=O) groups is 1. The summed E-state index contributed by atoms with van der Waals surface area (Å²) in [7, 11) is 0. The van der Waals surface area contributed by atoms with Crippen LogP contribution in [0.25, 0.3) is 16.9 Å². The predicted octanol–water partition coefficient (Wildman–Crippen LogP) is 2.21. The van der Waals surface area contributed by atoms with E-state index < -0.39 is 0 Å². The number of hydrogen-bond donors (Lipinski definition) is 0. The molecule has 0 N–H and O–H groups in total. The zero-order valence-electron chi connectivity index (χ0n) is 8.95. The van der Waals surface area contributed by atoms with E-state index in [0.717, 1.165) is 23.2 Å². The maximum atomic E-state index is 11.0. The SMILES string of the molecule is O=Cc1nc(-c2cccnc2)n2ccccc12. The molecule has 4 nitrogen and oxygen atoms in total. The monoisotopic (exact) mass is 223 g/mol. The summed E-state index contributed by atoms with van der Waals surface area (Å²) in [6.07, 6.45) is 6.10. The molecule has 4 heteroatoms. The van der Waals surface area contributed by atoms with Crippen molar-refractivity contribution in [3.8, 4) is 11.4 Å². The van der Waals surface area contributed by atoms with Gasteiger partial charge in [0.2, 0.25) is 0 Å². The summed E-state index contributed by atoms with van der Waals surface area (Å²) >= 11 is 0. The van der Waals surface area contributed by atoms with E-state index in [-0.39, 0.29) is 0 Å². The van der Waals surface area contributed by atoms with Gasteiger partial charge in [0.05, 0.1) is 5.52 Å². The fourth-order valence-corrected chi connectivity index (χ4v) is 1.85. The number of nitrogens with zero attached hydrogens (tertiary/aromatic N) is 3. The Morgan fingerprint density at radius 2 is 2.12 bits per heavy atom. The van der Waals surface area contributed by atoms with Crippen molar-refractivity contribution >= 4 is 11.8 Å². The Bertz CT molecular complexity index is 673. The molecule has 0 bridgehead atoms. The third-order valence-corrected chi connectivity index (χ3v) is 2.61. The molecular weight excluding hydrogens is 214 g/mol. The van der Waals surface area contributed by atoms with Crippen molar-refractivity contribution < 1.29 is 4.79 Å². The second-order valence-corrected chi connectivity index (χ2v) is 3.64. The Morgan fingerprint density at radius 3 is 2.88 bits per heavy atom. The van der Waals surface area contributed by atoms with Crippen LogP contribution in [0.1, 0.15) is 10.5 Å². The minimum atomic E-state index is 0.449. The van der Waals surface area contributed by atoms with E-state index in [1.165, 1.54) is 0 Å². The average Bonchev–Trinajstić information content (AvgIpc) is 2.78. The highest BCUT2D eigenvalue weighted by Crippen LogP contribution is 2.20. The van der Waals surface area contributed by atoms with E-state index in [9.17, 15) is 4.79 Å². The van der Waals surface area contributed by atoms with Gasteiger partial charge in [-0.25, -0.2) is 4.98 Å². The van der Waals surface area contributed by atoms with Crippen LogP contribution in [0.15, 0.2) is 48.9 Å². The Morgan fingerprint density at radius 1 is 1.18 bits per heavy atom. The van der Waals surface area contributed by atoms with Crippen molar-refractivity contribution in [2.45, 2.75) is 0 Å². The highest BCUT2D eigenvalue weighted by molar-refractivity contribution is 5.85. The van der Waals surface area contributed by atoms with E-state index in [2.05, 4.69) is 9.97 Å². The van der Waals surface area contributed by atoms with Crippen molar-refractivity contribution in [2.75, 3.05) is 0 Å². The largest absolute Gasteiger partial charge is 0.299 e. The standard InChI is InChI=1S/C13H9N3O/c17-9-11-12-5-1-2-7-16(12)13(15-11)10-4-3-6-14-8-10/h1-9H. The predicted molar refractivity (Wildman–Crippen MR) is 63.8 cm³/mol. The summed E-state index contributed by atoms with van der Waals surface area (Å²) in [6, 6.07) is 9.43. The van der Waals surface area contributed by atoms with Crippen LogP contribution in [0.4, 0.5) is 0 Å². The number of carbonyl (C=O) groups excluding carboxylic acids is 1. The maximum absolute atomic E-state index is 11.0. The third kappa shape index (κ3) is 1.50. The molecule has 0 aromatic carbocycles. The zero-order valence-corrected chi connectivity index (χ0v) is 8.95. The summed E-state index contributed by atoms with van der Waals surface area (Å²) in [5.41, 5.74) is 2.15. The minimum absolute atomic E-state index is 0.449. The molecule has 3 aromatic rings. The first kappa shape index (κ1) is 9.72. The summed E-state index contributed by atoms with van der Waals surface area (Å²) in [6.45, 7) is 0. The van der Waals surface area contributed by atoms with Crippen LogP contribution >= 0.6 is 0 Å². The van der Waals surface area contributed by atoms with Gasteiger partial charge in [-0.15, -0.1) is 0 Å². The molecule has 0 unspecified atom stereocenters. The molecule has 0 aliphatic heterocycles. The van der Waals surface area contributed by atoms with Gasteiger partial charge in [0.1, 0.15) is 11.5 Å². The van der Waals surface area contributed by atoms with Gasteiger partial charge in [0, 0.05) is 24.2 Å². The maximum Gasteiger partial charge on any atom is 0.170 e. The Labute approximate surface area is 97.6 Å². The lowest BCUT2D eigenvalue weighted by Crippen LogP contribution is -1.88. The normalized spacial score (nSPS) is 10.6. The molecular formula is C13H9N3O. The number of hydrogen-bond acceptors (Lipinski definition) is 3. The fourth-order valence-electron chi connectivity index (χ4n) is 1.85. The third-order valence-electron chi connectivity index (χ3n) is 2.61. The Balaban J connectivity index is 2.34. The molecule has 3 rings (SSSR count). The van der Waals surface area contributed by atoms with Crippen molar-refractivity contribution in [1.82, 2.24) is 14.4 Å². The molecule has 0 fully saturated rings. The van der Waals surface area contributed by atoms with Gasteiger partial charge >= 0.3 is 0 Å². The second kappa shape index (κ2) is 3.83. The van der Waals surface area contributed by atoms with E-state index in [0.29, 0.717) is 5.69 Å². The molecule has 0 saturated carbocycles. The lowest BCUT2D eigenvalue weighted by atomic mass is 10.3. The van der Waals surface area contributed by atoms with E-state index in [1.54, 1.807) is 12.4 Å². The van der Waals surface area contributed by atoms with E-state index >= 15 is 0 Å². The van der Waals surface area contributed by atoms with Gasteiger partial charge < -0.3 is 0 Å². The molecule has 17 heavy (non-hydrogen) atoms. The number of aromatic nitrogens is 3. The Kier molecular flexibility index (Phi) is 2.19. The van der Waals surface area contributed by atoms with Crippen LogP contribution in [-0.2, 0) is 0 Å². The Hall–Kier alpha value is -2.49. The van der Waals surface area contributed by atoms with E-state index in [1.807, 2.05) is 40.9 Å². The first-order chi connectivity index (χ1) is 8.40. The number of rotatable bonds is 2. The molecule has 82 valence electrons. The molecule has 3 heterocycles. The smallest absolute Gasteiger partial charge is 0.170 e. The lowest BCUT2D eigenvalue weighted by molar-refractivity contribution is 0.112. The number of fused-ring (bicyclic) bond motifs is 1. The summed E-state index contributed by atoms with van der Waals surface area (Å²) in [5, 5.41) is 0. The molecule has 0 spiro atoms. The summed E-state index contributed by atoms with van der Waals surface area (Å²) < 4.78 is 1.89. The van der Waals surface area contributed by atoms with Crippen molar-refractivity contribution in [1.29, 1.82) is 0 Å². The van der Waals surface area contributed by atoms with Crippen LogP contribution in [0, 0.1) is 0 Å². The second-order valence-electron chi connectivity index (χ2n) is 3.64. The van der Waals surface area contributed by atoms with Crippen molar-refractivity contribution in [2.24, 2.45) is 0 Å². The topological polar surface area (TPSA) is 47.3 Å². The summed E-state index contributed by atoms with van der Waals surface area (Å²) in [4.78, 5) is 19.4. The number of pyridine rings is 2. The van der Waals surface area contributed by atoms with Crippen LogP contribution in [-0.4, -0.2) is 20.7 Å². The first-order valence-corrected chi connectivity index (χ1v) is 5.23. The molecule has 0 amide bonds. The molecule has 0 radical (unpaired) electrons. The van der Waals surface area contributed by atoms with Crippen LogP contribution in [0.5, 0.6) is 0 Å². The molecule has 0 saturated heterocycles. The van der Waals surface area contributed by atoms with Crippen LogP contribution in [0.3, 0.4) is 0 Å².